The zero-order chi connectivity index (χ0) is 35.5. The largest absolute Gasteiger partial charge is 0.456 e. The Kier molecular flexibility index (Phi) is 7.22. The number of aromatic nitrogens is 1. The first-order chi connectivity index (χ1) is 26.1. The van der Waals surface area contributed by atoms with E-state index < -0.39 is 0 Å². The Balaban J connectivity index is 1.09. The highest BCUT2D eigenvalue weighted by Crippen LogP contribution is 2.44. The number of halogens is 1. The summed E-state index contributed by atoms with van der Waals surface area (Å²) in [5.74, 6) is -0.241. The highest BCUT2D eigenvalue weighted by atomic mass is 19.1. The lowest BCUT2D eigenvalue weighted by Crippen LogP contribution is -2.10. The monoisotopic (exact) mass is 684 g/mol. The van der Waals surface area contributed by atoms with Crippen molar-refractivity contribution in [2.75, 3.05) is 4.90 Å². The standard InChI is InChI=1S/C49H33FN2O/c1-32-13-24-40(25-14-32)52-44-9-4-2-7-41(44)43-31-36(21-30-45(43)52)35-19-28-39(29-20-35)51(38-26-17-34(18-27-38)33-15-22-37(50)23-16-33)46-10-6-12-48-49(46)42-8-3-5-11-47(42)53-48/h2-31H,1H3. The summed E-state index contributed by atoms with van der Waals surface area (Å²) in [6.45, 7) is 2.12. The first kappa shape index (κ1) is 30.9. The third kappa shape index (κ3) is 5.27. The molecule has 0 spiro atoms. The predicted octanol–water partition coefficient (Wildman–Crippen LogP) is 13.9. The van der Waals surface area contributed by atoms with Crippen molar-refractivity contribution in [1.29, 1.82) is 0 Å². The van der Waals surface area contributed by atoms with Gasteiger partial charge in [-0.05, 0) is 114 Å². The number of nitrogens with zero attached hydrogens (tertiary/aromatic N) is 2. The molecule has 10 aromatic rings. The topological polar surface area (TPSA) is 21.3 Å². The van der Waals surface area contributed by atoms with Gasteiger partial charge in [0, 0.05) is 33.2 Å². The average molecular weight is 685 g/mol. The van der Waals surface area contributed by atoms with Crippen LogP contribution in [-0.2, 0) is 0 Å². The molecule has 2 heterocycles. The number of fused-ring (bicyclic) bond motifs is 6. The molecule has 8 aromatic carbocycles. The molecule has 53 heavy (non-hydrogen) atoms. The van der Waals surface area contributed by atoms with Crippen molar-refractivity contribution in [2.45, 2.75) is 6.92 Å². The molecule has 4 heteroatoms. The van der Waals surface area contributed by atoms with Crippen molar-refractivity contribution < 1.29 is 8.81 Å². The van der Waals surface area contributed by atoms with E-state index in [1.807, 2.05) is 30.3 Å². The van der Waals surface area contributed by atoms with Gasteiger partial charge in [-0.1, -0.05) is 103 Å². The summed E-state index contributed by atoms with van der Waals surface area (Å²) in [6.07, 6.45) is 0. The summed E-state index contributed by atoms with van der Waals surface area (Å²) in [6, 6.07) is 62.5. The lowest BCUT2D eigenvalue weighted by atomic mass is 10.0. The average Bonchev–Trinajstić information content (AvgIpc) is 3.75. The molecule has 0 amide bonds. The van der Waals surface area contributed by atoms with Gasteiger partial charge in [0.05, 0.1) is 22.1 Å². The highest BCUT2D eigenvalue weighted by Gasteiger charge is 2.20. The first-order valence-electron chi connectivity index (χ1n) is 17.9. The van der Waals surface area contributed by atoms with Crippen LogP contribution in [0.2, 0.25) is 0 Å². The van der Waals surface area contributed by atoms with E-state index in [2.05, 4.69) is 156 Å². The van der Waals surface area contributed by atoms with Crippen molar-refractivity contribution in [1.82, 2.24) is 4.57 Å². The van der Waals surface area contributed by atoms with Crippen LogP contribution in [-0.4, -0.2) is 4.57 Å². The zero-order valence-corrected chi connectivity index (χ0v) is 29.0. The molecule has 0 aliphatic carbocycles. The fraction of sp³-hybridized carbons (Fsp3) is 0.0204. The third-order valence-corrected chi connectivity index (χ3v) is 10.3. The van der Waals surface area contributed by atoms with Gasteiger partial charge >= 0.3 is 0 Å². The molecule has 10 rings (SSSR count). The normalized spacial score (nSPS) is 11.6. The number of anilines is 3. The molecule has 0 aliphatic rings. The van der Waals surface area contributed by atoms with Crippen molar-refractivity contribution in [2.24, 2.45) is 0 Å². The molecule has 0 N–H and O–H groups in total. The molecule has 0 bridgehead atoms. The van der Waals surface area contributed by atoms with Crippen LogP contribution in [0.3, 0.4) is 0 Å². The predicted molar refractivity (Wildman–Crippen MR) is 218 cm³/mol. The minimum Gasteiger partial charge on any atom is -0.456 e. The minimum atomic E-state index is -0.241. The van der Waals surface area contributed by atoms with Crippen molar-refractivity contribution in [3.05, 3.63) is 193 Å². The summed E-state index contributed by atoms with van der Waals surface area (Å²) in [7, 11) is 0. The lowest BCUT2D eigenvalue weighted by Gasteiger charge is -2.26. The van der Waals surface area contributed by atoms with E-state index in [1.54, 1.807) is 0 Å². The van der Waals surface area contributed by atoms with Gasteiger partial charge in [0.15, 0.2) is 0 Å². The number of rotatable bonds is 6. The lowest BCUT2D eigenvalue weighted by molar-refractivity contribution is 0.628. The van der Waals surface area contributed by atoms with Crippen LogP contribution in [0.5, 0.6) is 0 Å². The maximum atomic E-state index is 13.7. The van der Waals surface area contributed by atoms with Gasteiger partial charge in [-0.3, -0.25) is 0 Å². The van der Waals surface area contributed by atoms with Gasteiger partial charge in [0.1, 0.15) is 17.0 Å². The third-order valence-electron chi connectivity index (χ3n) is 10.3. The maximum absolute atomic E-state index is 13.7. The van der Waals surface area contributed by atoms with E-state index >= 15 is 0 Å². The fourth-order valence-electron chi connectivity index (χ4n) is 7.74. The second-order valence-corrected chi connectivity index (χ2v) is 13.6. The molecule has 3 nitrogen and oxygen atoms in total. The summed E-state index contributed by atoms with van der Waals surface area (Å²) >= 11 is 0. The Morgan fingerprint density at radius 3 is 1.75 bits per heavy atom. The first-order valence-corrected chi connectivity index (χ1v) is 17.9. The van der Waals surface area contributed by atoms with Crippen LogP contribution < -0.4 is 4.90 Å². The van der Waals surface area contributed by atoms with Crippen molar-refractivity contribution in [3.8, 4) is 27.9 Å². The summed E-state index contributed by atoms with van der Waals surface area (Å²) in [5.41, 5.74) is 13.8. The number of furan rings is 1. The van der Waals surface area contributed by atoms with Crippen molar-refractivity contribution >= 4 is 60.8 Å². The fourth-order valence-corrected chi connectivity index (χ4v) is 7.74. The number of hydrogen-bond donors (Lipinski definition) is 0. The van der Waals surface area contributed by atoms with Crippen LogP contribution in [0.25, 0.3) is 71.7 Å². The second kappa shape index (κ2) is 12.4. The Bertz CT molecular complexity index is 2940. The molecule has 252 valence electrons. The molecule has 0 atom stereocenters. The summed E-state index contributed by atoms with van der Waals surface area (Å²) in [5, 5.41) is 4.59. The molecule has 0 saturated carbocycles. The Labute approximate surface area is 306 Å². The SMILES string of the molecule is Cc1ccc(-n2c3ccccc3c3cc(-c4ccc(N(c5ccc(-c6ccc(F)cc6)cc5)c5cccc6oc7ccccc7c56)cc4)ccc32)cc1. The van der Waals surface area contributed by atoms with Gasteiger partial charge in [0.25, 0.3) is 0 Å². The van der Waals surface area contributed by atoms with E-state index in [9.17, 15) is 4.39 Å². The molecule has 0 saturated heterocycles. The van der Waals surface area contributed by atoms with E-state index in [-0.39, 0.29) is 5.82 Å². The zero-order valence-electron chi connectivity index (χ0n) is 29.0. The van der Waals surface area contributed by atoms with Gasteiger partial charge in [0.2, 0.25) is 0 Å². The molecule has 2 aromatic heterocycles. The van der Waals surface area contributed by atoms with E-state index in [1.165, 1.54) is 39.5 Å². The van der Waals surface area contributed by atoms with Crippen LogP contribution in [0.1, 0.15) is 5.56 Å². The van der Waals surface area contributed by atoms with Gasteiger partial charge in [-0.25, -0.2) is 4.39 Å². The molecular formula is C49H33FN2O. The molecule has 0 aliphatic heterocycles. The van der Waals surface area contributed by atoms with Crippen LogP contribution >= 0.6 is 0 Å². The molecular weight excluding hydrogens is 652 g/mol. The smallest absolute Gasteiger partial charge is 0.137 e. The van der Waals surface area contributed by atoms with Crippen LogP contribution in [0.4, 0.5) is 21.5 Å². The Morgan fingerprint density at radius 1 is 0.472 bits per heavy atom. The summed E-state index contributed by atoms with van der Waals surface area (Å²) < 4.78 is 22.4. The minimum absolute atomic E-state index is 0.241. The van der Waals surface area contributed by atoms with Gasteiger partial charge in [-0.15, -0.1) is 0 Å². The van der Waals surface area contributed by atoms with Gasteiger partial charge < -0.3 is 13.9 Å². The second-order valence-electron chi connectivity index (χ2n) is 13.6. The maximum Gasteiger partial charge on any atom is 0.137 e. The number of benzene rings is 8. The number of para-hydroxylation sites is 2. The van der Waals surface area contributed by atoms with E-state index in [4.69, 9.17) is 4.42 Å². The van der Waals surface area contributed by atoms with Crippen LogP contribution in [0, 0.1) is 12.7 Å². The van der Waals surface area contributed by atoms with E-state index in [0.717, 1.165) is 66.9 Å². The quantitative estimate of drug-likeness (QED) is 0.174. The summed E-state index contributed by atoms with van der Waals surface area (Å²) in [4.78, 5) is 2.29. The highest BCUT2D eigenvalue weighted by molar-refractivity contribution is 6.13. The van der Waals surface area contributed by atoms with Crippen molar-refractivity contribution in [3.63, 3.8) is 0 Å². The molecule has 0 fully saturated rings. The molecule has 0 unspecified atom stereocenters. The Hall–Kier alpha value is -6.91. The van der Waals surface area contributed by atoms with Gasteiger partial charge in [-0.2, -0.15) is 0 Å². The van der Waals surface area contributed by atoms with Crippen LogP contribution in [0.15, 0.2) is 186 Å². The molecule has 0 radical (unpaired) electrons. The number of aryl methyl sites for hydroxylation is 1. The number of hydrogen-bond acceptors (Lipinski definition) is 2. The van der Waals surface area contributed by atoms with E-state index in [0.29, 0.717) is 0 Å². The Morgan fingerprint density at radius 2 is 1.04 bits per heavy atom.